The summed E-state index contributed by atoms with van der Waals surface area (Å²) in [6.07, 6.45) is 7.40. The molecule has 0 aromatic carbocycles. The van der Waals surface area contributed by atoms with E-state index in [1.54, 1.807) is 5.92 Å². The van der Waals surface area contributed by atoms with Gasteiger partial charge in [-0.15, -0.1) is 0 Å². The first kappa shape index (κ1) is 6.69. The van der Waals surface area contributed by atoms with Crippen LogP contribution in [0.5, 0.6) is 0 Å². The van der Waals surface area contributed by atoms with Gasteiger partial charge < -0.3 is 0 Å². The molecule has 1 radical (unpaired) electrons. The lowest BCUT2D eigenvalue weighted by molar-refractivity contribution is 0.288. The minimum absolute atomic E-state index is 0.740. The summed E-state index contributed by atoms with van der Waals surface area (Å²) in [5.74, 6) is 2.79. The van der Waals surface area contributed by atoms with Gasteiger partial charge >= 0.3 is 0 Å². The predicted octanol–water partition coefficient (Wildman–Crippen LogP) is 3.18. The minimum atomic E-state index is 0.740. The van der Waals surface area contributed by atoms with Gasteiger partial charge in [-0.1, -0.05) is 26.7 Å². The second-order valence-corrected chi connectivity index (χ2v) is 4.46. The van der Waals surface area contributed by atoms with Gasteiger partial charge in [-0.25, -0.2) is 0 Å². The van der Waals surface area contributed by atoms with Crippen LogP contribution in [0.4, 0.5) is 0 Å². The third-order valence-electron chi connectivity index (χ3n) is 3.55. The highest BCUT2D eigenvalue weighted by atomic mass is 14.5. The Labute approximate surface area is 64.0 Å². The molecule has 0 heterocycles. The normalized spacial score (nSPS) is 38.4. The molecule has 0 saturated heterocycles. The first-order valence-electron chi connectivity index (χ1n) is 4.55. The molecule has 10 heavy (non-hydrogen) atoms. The van der Waals surface area contributed by atoms with Crippen LogP contribution in [0.25, 0.3) is 0 Å². The first-order chi connectivity index (χ1) is 4.72. The summed E-state index contributed by atoms with van der Waals surface area (Å²) in [5, 5.41) is 0. The number of hydrogen-bond acceptors (Lipinski definition) is 0. The summed E-state index contributed by atoms with van der Waals surface area (Å²) in [6, 6.07) is 0. The quantitative estimate of drug-likeness (QED) is 0.520. The van der Waals surface area contributed by atoms with Crippen molar-refractivity contribution in [2.24, 2.45) is 11.3 Å². The Hall–Kier alpha value is 0. The van der Waals surface area contributed by atoms with Gasteiger partial charge in [-0.3, -0.25) is 0 Å². The zero-order valence-corrected chi connectivity index (χ0v) is 7.11. The maximum Gasteiger partial charge on any atom is -0.0232 e. The van der Waals surface area contributed by atoms with Gasteiger partial charge in [0, 0.05) is 0 Å². The highest BCUT2D eigenvalue weighted by Gasteiger charge is 2.48. The Balaban J connectivity index is 2.01. The molecule has 57 valence electrons. The Morgan fingerprint density at radius 2 is 1.80 bits per heavy atom. The average Bonchev–Trinajstić information content (AvgIpc) is 2.44. The molecule has 0 aromatic rings. The van der Waals surface area contributed by atoms with Crippen molar-refractivity contribution in [2.45, 2.75) is 46.0 Å². The van der Waals surface area contributed by atoms with Crippen molar-refractivity contribution in [3.63, 3.8) is 0 Å². The van der Waals surface area contributed by atoms with E-state index in [9.17, 15) is 0 Å². The van der Waals surface area contributed by atoms with Gasteiger partial charge in [0.25, 0.3) is 0 Å². The molecule has 1 atom stereocenters. The molecule has 2 rings (SSSR count). The molecule has 2 aliphatic rings. The molecular weight excluding hydrogens is 120 g/mol. The monoisotopic (exact) mass is 137 g/mol. The summed E-state index contributed by atoms with van der Waals surface area (Å²) >= 11 is 0. The van der Waals surface area contributed by atoms with Crippen LogP contribution >= 0.6 is 0 Å². The standard InChI is InChI=1S/C10H17/c1-8-7-9(8)10(2)5-3-4-6-10/h9H,3-7H2,1-2H3. The number of rotatable bonds is 1. The molecule has 2 fully saturated rings. The highest BCUT2D eigenvalue weighted by molar-refractivity contribution is 5.16. The maximum absolute atomic E-state index is 2.49. The van der Waals surface area contributed by atoms with Crippen LogP contribution in [0.15, 0.2) is 0 Å². The summed E-state index contributed by atoms with van der Waals surface area (Å²) < 4.78 is 0. The van der Waals surface area contributed by atoms with Crippen molar-refractivity contribution in [2.75, 3.05) is 0 Å². The van der Waals surface area contributed by atoms with E-state index in [0.717, 1.165) is 11.3 Å². The van der Waals surface area contributed by atoms with E-state index in [1.165, 1.54) is 32.1 Å². The fourth-order valence-electron chi connectivity index (χ4n) is 2.64. The van der Waals surface area contributed by atoms with E-state index in [4.69, 9.17) is 0 Å². The third kappa shape index (κ3) is 0.889. The Kier molecular flexibility index (Phi) is 1.33. The molecule has 0 amide bonds. The Morgan fingerprint density at radius 3 is 2.20 bits per heavy atom. The second-order valence-electron chi connectivity index (χ2n) is 4.46. The van der Waals surface area contributed by atoms with Crippen molar-refractivity contribution >= 4 is 0 Å². The molecule has 0 heteroatoms. The topological polar surface area (TPSA) is 0 Å². The number of hydrogen-bond donors (Lipinski definition) is 0. The van der Waals surface area contributed by atoms with E-state index in [1.807, 2.05) is 0 Å². The van der Waals surface area contributed by atoms with Crippen LogP contribution in [-0.4, -0.2) is 0 Å². The largest absolute Gasteiger partial charge is 0.0594 e. The van der Waals surface area contributed by atoms with E-state index in [2.05, 4.69) is 13.8 Å². The molecule has 2 saturated carbocycles. The van der Waals surface area contributed by atoms with E-state index >= 15 is 0 Å². The van der Waals surface area contributed by atoms with Crippen molar-refractivity contribution in [1.29, 1.82) is 0 Å². The van der Waals surface area contributed by atoms with Crippen molar-refractivity contribution < 1.29 is 0 Å². The lowest BCUT2D eigenvalue weighted by atomic mass is 9.82. The smallest absolute Gasteiger partial charge is 0.0232 e. The van der Waals surface area contributed by atoms with Crippen LogP contribution in [0.1, 0.15) is 46.0 Å². The molecule has 0 aromatic heterocycles. The molecule has 2 aliphatic carbocycles. The molecule has 0 spiro atoms. The lowest BCUT2D eigenvalue weighted by Crippen LogP contribution is -2.13. The van der Waals surface area contributed by atoms with Gasteiger partial charge in [0.1, 0.15) is 0 Å². The summed E-state index contributed by atoms with van der Waals surface area (Å²) in [4.78, 5) is 0. The van der Waals surface area contributed by atoms with Gasteiger partial charge in [-0.05, 0) is 36.5 Å². The predicted molar refractivity (Wildman–Crippen MR) is 43.6 cm³/mol. The molecule has 1 unspecified atom stereocenters. The fraction of sp³-hybridized carbons (Fsp3) is 0.900. The SMILES string of the molecule is C[C]1CC1C1(C)CCCC1. The zero-order valence-electron chi connectivity index (χ0n) is 7.11. The zero-order chi connectivity index (χ0) is 7.19. The Morgan fingerprint density at radius 1 is 1.30 bits per heavy atom. The third-order valence-corrected chi connectivity index (χ3v) is 3.55. The Bertz CT molecular complexity index is 131. The van der Waals surface area contributed by atoms with Crippen LogP contribution in [0, 0.1) is 17.3 Å². The van der Waals surface area contributed by atoms with Crippen molar-refractivity contribution in [3.05, 3.63) is 5.92 Å². The van der Waals surface area contributed by atoms with Gasteiger partial charge in [0.05, 0.1) is 0 Å². The van der Waals surface area contributed by atoms with Crippen LogP contribution in [-0.2, 0) is 0 Å². The summed E-state index contributed by atoms with van der Waals surface area (Å²) in [5.41, 5.74) is 0.740. The van der Waals surface area contributed by atoms with Crippen molar-refractivity contribution in [3.8, 4) is 0 Å². The minimum Gasteiger partial charge on any atom is -0.0594 e. The van der Waals surface area contributed by atoms with E-state index < -0.39 is 0 Å². The maximum atomic E-state index is 2.49. The van der Waals surface area contributed by atoms with Crippen LogP contribution in [0.2, 0.25) is 0 Å². The van der Waals surface area contributed by atoms with Gasteiger partial charge in [0.15, 0.2) is 0 Å². The summed E-state index contributed by atoms with van der Waals surface area (Å²) in [7, 11) is 0. The van der Waals surface area contributed by atoms with E-state index in [-0.39, 0.29) is 0 Å². The second kappa shape index (κ2) is 1.99. The molecule has 0 aliphatic heterocycles. The fourth-order valence-corrected chi connectivity index (χ4v) is 2.64. The van der Waals surface area contributed by atoms with Crippen molar-refractivity contribution in [1.82, 2.24) is 0 Å². The lowest BCUT2D eigenvalue weighted by Gasteiger charge is -2.22. The van der Waals surface area contributed by atoms with Gasteiger partial charge in [-0.2, -0.15) is 0 Å². The summed E-state index contributed by atoms with van der Waals surface area (Å²) in [6.45, 7) is 4.81. The molecule has 0 nitrogen and oxygen atoms in total. The van der Waals surface area contributed by atoms with E-state index in [0.29, 0.717) is 0 Å². The van der Waals surface area contributed by atoms with Crippen LogP contribution < -0.4 is 0 Å². The van der Waals surface area contributed by atoms with Crippen LogP contribution in [0.3, 0.4) is 0 Å². The molecule has 0 bridgehead atoms. The molecular formula is C10H17. The van der Waals surface area contributed by atoms with Gasteiger partial charge in [0.2, 0.25) is 0 Å². The molecule has 0 N–H and O–H groups in total. The average molecular weight is 137 g/mol. The highest BCUT2D eigenvalue weighted by Crippen LogP contribution is 2.58. The first-order valence-corrected chi connectivity index (χ1v) is 4.55.